The molecule has 0 saturated carbocycles. The predicted octanol–water partition coefficient (Wildman–Crippen LogP) is 6.83. The van der Waals surface area contributed by atoms with E-state index in [1.807, 2.05) is 6.20 Å². The maximum Gasteiger partial charge on any atom is 0.0938 e. The molecule has 0 radical (unpaired) electrons. The molecule has 1 aliphatic rings. The van der Waals surface area contributed by atoms with E-state index in [9.17, 15) is 0 Å². The van der Waals surface area contributed by atoms with Crippen molar-refractivity contribution in [3.05, 3.63) is 110 Å². The van der Waals surface area contributed by atoms with Crippen LogP contribution in [0.15, 0.2) is 110 Å². The molecule has 176 valence electrons. The number of rotatable bonds is 5. The van der Waals surface area contributed by atoms with Gasteiger partial charge in [0.1, 0.15) is 0 Å². The zero-order valence-electron chi connectivity index (χ0n) is 20.9. The average Bonchev–Trinajstić information content (AvgIpc) is 3.31. The Kier molecular flexibility index (Phi) is 6.45. The second-order valence-electron chi connectivity index (χ2n) is 10.0. The molecule has 5 rings (SSSR count). The Labute approximate surface area is 210 Å². The first-order valence-electron chi connectivity index (χ1n) is 12.1. The first kappa shape index (κ1) is 23.3. The van der Waals surface area contributed by atoms with Crippen LogP contribution >= 0.6 is 7.92 Å². The number of benzene rings is 3. The lowest BCUT2D eigenvalue weighted by Crippen LogP contribution is -2.27. The van der Waals surface area contributed by atoms with Crippen molar-refractivity contribution in [2.24, 2.45) is 0 Å². The Morgan fingerprint density at radius 3 is 2.14 bits per heavy atom. The molecule has 0 spiro atoms. The summed E-state index contributed by atoms with van der Waals surface area (Å²) in [5, 5.41) is 2.89. The van der Waals surface area contributed by atoms with Gasteiger partial charge >= 0.3 is 0 Å². The minimum absolute atomic E-state index is 0.115. The normalized spacial score (nSPS) is 14.4. The maximum atomic E-state index is 4.73. The largest absolute Gasteiger partial charge is 0.361 e. The van der Waals surface area contributed by atoms with E-state index in [1.54, 1.807) is 0 Å². The van der Waals surface area contributed by atoms with E-state index in [1.165, 1.54) is 27.4 Å². The summed E-state index contributed by atoms with van der Waals surface area (Å²) in [5.74, 6) is 0. The van der Waals surface area contributed by atoms with Crippen LogP contribution in [0.1, 0.15) is 20.8 Å². The van der Waals surface area contributed by atoms with Gasteiger partial charge in [-0.3, -0.25) is 4.98 Å². The molecule has 1 aliphatic heterocycles. The van der Waals surface area contributed by atoms with Crippen LogP contribution in [0.3, 0.4) is 0 Å². The summed E-state index contributed by atoms with van der Waals surface area (Å²) >= 11 is 0. The van der Waals surface area contributed by atoms with Crippen molar-refractivity contribution < 1.29 is 0 Å². The van der Waals surface area contributed by atoms with Crippen LogP contribution < -0.4 is 15.5 Å². The molecule has 1 unspecified atom stereocenters. The molecular weight excluding hydrogens is 445 g/mol. The van der Waals surface area contributed by atoms with Gasteiger partial charge < -0.3 is 9.80 Å². The third-order valence-corrected chi connectivity index (χ3v) is 9.16. The van der Waals surface area contributed by atoms with Crippen LogP contribution in [0.4, 0.5) is 5.69 Å². The molecule has 0 amide bonds. The lowest BCUT2D eigenvalue weighted by molar-refractivity contribution is 0.496. The van der Waals surface area contributed by atoms with Crippen molar-refractivity contribution in [2.45, 2.75) is 25.9 Å². The second-order valence-corrected chi connectivity index (χ2v) is 13.1. The van der Waals surface area contributed by atoms with Gasteiger partial charge in [0, 0.05) is 36.9 Å². The van der Waals surface area contributed by atoms with Crippen LogP contribution in [0.25, 0.3) is 22.4 Å². The number of hydrogen-bond donors (Lipinski definition) is 0. The fourth-order valence-corrected chi connectivity index (χ4v) is 7.48. The molecule has 4 heteroatoms. The van der Waals surface area contributed by atoms with Crippen molar-refractivity contribution in [1.29, 1.82) is 0 Å². The zero-order chi connectivity index (χ0) is 24.4. The quantitative estimate of drug-likeness (QED) is 0.294. The van der Waals surface area contributed by atoms with Crippen LogP contribution in [0, 0.1) is 0 Å². The molecule has 3 aromatic carbocycles. The van der Waals surface area contributed by atoms with Gasteiger partial charge in [0.25, 0.3) is 0 Å². The van der Waals surface area contributed by atoms with E-state index < -0.39 is 7.92 Å². The highest BCUT2D eigenvalue weighted by atomic mass is 31.1. The summed E-state index contributed by atoms with van der Waals surface area (Å²) in [6.45, 7) is 7.96. The number of pyridine rings is 1. The second kappa shape index (κ2) is 9.68. The van der Waals surface area contributed by atoms with Gasteiger partial charge in [-0.25, -0.2) is 0 Å². The predicted molar refractivity (Wildman–Crippen MR) is 152 cm³/mol. The highest BCUT2D eigenvalue weighted by molar-refractivity contribution is 7.74. The summed E-state index contributed by atoms with van der Waals surface area (Å²) < 4.78 is 0. The Bertz CT molecular complexity index is 1340. The highest BCUT2D eigenvalue weighted by Gasteiger charge is 2.28. The molecule has 2 heterocycles. The molecule has 4 aromatic rings. The van der Waals surface area contributed by atoms with Gasteiger partial charge in [-0.1, -0.05) is 81.4 Å². The average molecular weight is 478 g/mol. The van der Waals surface area contributed by atoms with E-state index in [0.29, 0.717) is 0 Å². The molecule has 0 N–H and O–H groups in total. The van der Waals surface area contributed by atoms with E-state index in [4.69, 9.17) is 4.98 Å². The van der Waals surface area contributed by atoms with Gasteiger partial charge in [-0.05, 0) is 65.1 Å². The standard InChI is InChI=1S/C31H32N3P/c1-31(2,3)35(29-15-9-13-27(22-29)34-19-18-33(4)23-34)28-14-8-12-26(20-28)30-21-25(16-17-32-30)24-10-6-5-7-11-24/h5-22H,23H2,1-4H3. The molecule has 3 nitrogen and oxygen atoms in total. The van der Waals surface area contributed by atoms with Crippen molar-refractivity contribution in [1.82, 2.24) is 9.88 Å². The third kappa shape index (κ3) is 5.16. The summed E-state index contributed by atoms with van der Waals surface area (Å²) in [4.78, 5) is 9.23. The molecule has 1 atom stereocenters. The molecule has 0 saturated heterocycles. The van der Waals surface area contributed by atoms with Gasteiger partial charge in [-0.2, -0.15) is 0 Å². The molecule has 0 aliphatic carbocycles. The van der Waals surface area contributed by atoms with E-state index in [0.717, 1.165) is 17.9 Å². The lowest BCUT2D eigenvalue weighted by atomic mass is 10.0. The summed E-state index contributed by atoms with van der Waals surface area (Å²) in [7, 11) is 1.52. The number of hydrogen-bond acceptors (Lipinski definition) is 3. The number of nitrogens with zero attached hydrogens (tertiary/aromatic N) is 3. The van der Waals surface area contributed by atoms with Gasteiger partial charge in [0.05, 0.1) is 12.4 Å². The Balaban J connectivity index is 1.52. The topological polar surface area (TPSA) is 19.4 Å². The summed E-state index contributed by atoms with van der Waals surface area (Å²) in [6, 6.07) is 32.9. The fraction of sp³-hybridized carbons (Fsp3) is 0.194. The van der Waals surface area contributed by atoms with Crippen LogP contribution in [-0.2, 0) is 0 Å². The summed E-state index contributed by atoms with van der Waals surface area (Å²) in [6.07, 6.45) is 6.20. The highest BCUT2D eigenvalue weighted by Crippen LogP contribution is 2.48. The van der Waals surface area contributed by atoms with Crippen molar-refractivity contribution in [2.75, 3.05) is 18.6 Å². The first-order chi connectivity index (χ1) is 16.9. The Morgan fingerprint density at radius 2 is 1.43 bits per heavy atom. The van der Waals surface area contributed by atoms with Gasteiger partial charge in [-0.15, -0.1) is 0 Å². The van der Waals surface area contributed by atoms with Crippen LogP contribution in [-0.4, -0.2) is 28.8 Å². The molecule has 1 aromatic heterocycles. The zero-order valence-corrected chi connectivity index (χ0v) is 21.8. The molecule has 35 heavy (non-hydrogen) atoms. The lowest BCUT2D eigenvalue weighted by Gasteiger charge is -2.33. The van der Waals surface area contributed by atoms with Crippen LogP contribution in [0.5, 0.6) is 0 Å². The number of aromatic nitrogens is 1. The minimum Gasteiger partial charge on any atom is -0.361 e. The van der Waals surface area contributed by atoms with Crippen molar-refractivity contribution >= 4 is 24.2 Å². The maximum absolute atomic E-state index is 4.73. The van der Waals surface area contributed by atoms with E-state index >= 15 is 0 Å². The third-order valence-electron chi connectivity index (χ3n) is 6.23. The van der Waals surface area contributed by atoms with Gasteiger partial charge in [0.2, 0.25) is 0 Å². The SMILES string of the molecule is CN1C=CN(c2cccc(P(c3cccc(-c4cc(-c5ccccc5)ccn4)c3)C(C)(C)C)c2)C1. The van der Waals surface area contributed by atoms with Crippen molar-refractivity contribution in [3.63, 3.8) is 0 Å². The van der Waals surface area contributed by atoms with E-state index in [-0.39, 0.29) is 5.16 Å². The Morgan fingerprint density at radius 1 is 0.714 bits per heavy atom. The summed E-state index contributed by atoms with van der Waals surface area (Å²) in [5.41, 5.74) is 5.82. The first-order valence-corrected chi connectivity index (χ1v) is 13.4. The van der Waals surface area contributed by atoms with Gasteiger partial charge in [0.15, 0.2) is 0 Å². The monoisotopic (exact) mass is 477 g/mol. The minimum atomic E-state index is -0.584. The van der Waals surface area contributed by atoms with E-state index in [2.05, 4.69) is 141 Å². The molecular formula is C31H32N3P. The van der Waals surface area contributed by atoms with Crippen LogP contribution in [0.2, 0.25) is 0 Å². The molecule has 0 fully saturated rings. The fourth-order valence-electron chi connectivity index (χ4n) is 4.63. The number of anilines is 1. The smallest absolute Gasteiger partial charge is 0.0938 e. The van der Waals surface area contributed by atoms with Crippen molar-refractivity contribution in [3.8, 4) is 22.4 Å². The molecule has 0 bridgehead atoms. The Hall–Kier alpha value is -3.42.